The van der Waals surface area contributed by atoms with E-state index < -0.39 is 23.5 Å². The first-order valence-corrected chi connectivity index (χ1v) is 6.48. The second-order valence-electron chi connectivity index (χ2n) is 4.35. The van der Waals surface area contributed by atoms with Crippen LogP contribution in [0.25, 0.3) is 0 Å². The molecule has 6 heteroatoms. The van der Waals surface area contributed by atoms with E-state index in [1.165, 1.54) is 0 Å². The van der Waals surface area contributed by atoms with Crippen molar-refractivity contribution in [3.63, 3.8) is 0 Å². The van der Waals surface area contributed by atoms with Gasteiger partial charge in [-0.3, -0.25) is 4.68 Å². The van der Waals surface area contributed by atoms with Gasteiger partial charge < -0.3 is 5.32 Å². The molecule has 0 aliphatic heterocycles. The highest BCUT2D eigenvalue weighted by molar-refractivity contribution is 5.31. The van der Waals surface area contributed by atoms with Crippen LogP contribution in [-0.2, 0) is 6.54 Å². The van der Waals surface area contributed by atoms with Crippen molar-refractivity contribution in [1.29, 1.82) is 0 Å². The van der Waals surface area contributed by atoms with Crippen molar-refractivity contribution in [2.45, 2.75) is 26.4 Å². The molecule has 0 bridgehead atoms. The highest BCUT2D eigenvalue weighted by Gasteiger charge is 2.24. The number of rotatable bonds is 5. The fourth-order valence-corrected chi connectivity index (χ4v) is 2.24. The number of nitrogens with zero attached hydrogens (tertiary/aromatic N) is 2. The Hall–Kier alpha value is -1.82. The molecule has 108 valence electrons. The van der Waals surface area contributed by atoms with Crippen LogP contribution < -0.4 is 5.32 Å². The molecule has 0 saturated carbocycles. The zero-order valence-corrected chi connectivity index (χ0v) is 11.3. The summed E-state index contributed by atoms with van der Waals surface area (Å²) >= 11 is 0. The second kappa shape index (κ2) is 6.09. The third-order valence-corrected chi connectivity index (χ3v) is 3.09. The average Bonchev–Trinajstić information content (AvgIpc) is 2.84. The van der Waals surface area contributed by atoms with Gasteiger partial charge in [0.05, 0.1) is 11.7 Å². The molecule has 1 atom stereocenters. The monoisotopic (exact) mass is 283 g/mol. The van der Waals surface area contributed by atoms with Gasteiger partial charge in [0, 0.05) is 30.4 Å². The summed E-state index contributed by atoms with van der Waals surface area (Å²) in [7, 11) is 0. The van der Waals surface area contributed by atoms with Gasteiger partial charge >= 0.3 is 0 Å². The summed E-state index contributed by atoms with van der Waals surface area (Å²) in [6.45, 7) is 4.81. The number of hydrogen-bond donors (Lipinski definition) is 1. The van der Waals surface area contributed by atoms with E-state index >= 15 is 0 Å². The first-order valence-electron chi connectivity index (χ1n) is 6.48. The van der Waals surface area contributed by atoms with Crippen molar-refractivity contribution >= 4 is 0 Å². The van der Waals surface area contributed by atoms with Crippen LogP contribution in [0.15, 0.2) is 24.4 Å². The summed E-state index contributed by atoms with van der Waals surface area (Å²) in [5.41, 5.74) is 0.446. The Balaban J connectivity index is 2.54. The molecule has 0 fully saturated rings. The lowest BCUT2D eigenvalue weighted by Gasteiger charge is -2.20. The molecule has 0 saturated heterocycles. The summed E-state index contributed by atoms with van der Waals surface area (Å²) in [6, 6.07) is 2.37. The molecule has 2 rings (SSSR count). The molecule has 0 aliphatic carbocycles. The zero-order valence-electron chi connectivity index (χ0n) is 11.3. The lowest BCUT2D eigenvalue weighted by Crippen LogP contribution is -2.26. The highest BCUT2D eigenvalue weighted by Crippen LogP contribution is 2.27. The Kier molecular flexibility index (Phi) is 4.44. The van der Waals surface area contributed by atoms with Crippen LogP contribution in [0.3, 0.4) is 0 Å². The van der Waals surface area contributed by atoms with Gasteiger partial charge in [-0.1, -0.05) is 6.92 Å². The molecule has 1 N–H and O–H groups in total. The van der Waals surface area contributed by atoms with Crippen molar-refractivity contribution in [3.8, 4) is 0 Å². The number of aromatic nitrogens is 2. The Morgan fingerprint density at radius 1 is 1.20 bits per heavy atom. The smallest absolute Gasteiger partial charge is 0.134 e. The van der Waals surface area contributed by atoms with Gasteiger partial charge in [-0.15, -0.1) is 0 Å². The quantitative estimate of drug-likeness (QED) is 0.914. The van der Waals surface area contributed by atoms with E-state index in [4.69, 9.17) is 0 Å². The first-order chi connectivity index (χ1) is 9.58. The predicted molar refractivity (Wildman–Crippen MR) is 69.7 cm³/mol. The summed E-state index contributed by atoms with van der Waals surface area (Å²) in [5, 5.41) is 7.11. The zero-order chi connectivity index (χ0) is 14.7. The van der Waals surface area contributed by atoms with E-state index in [-0.39, 0.29) is 5.56 Å². The second-order valence-corrected chi connectivity index (χ2v) is 4.35. The van der Waals surface area contributed by atoms with Gasteiger partial charge in [-0.05, 0) is 19.5 Å². The van der Waals surface area contributed by atoms with Crippen LogP contribution in [0.1, 0.15) is 31.1 Å². The first kappa shape index (κ1) is 14.6. The average molecular weight is 283 g/mol. The maximum absolute atomic E-state index is 14.0. The maximum Gasteiger partial charge on any atom is 0.134 e. The molecule has 20 heavy (non-hydrogen) atoms. The largest absolute Gasteiger partial charge is 0.305 e. The number of nitrogens with one attached hydrogen (secondary N) is 1. The van der Waals surface area contributed by atoms with E-state index in [2.05, 4.69) is 10.4 Å². The molecule has 2 aromatic rings. The number of halogens is 3. The van der Waals surface area contributed by atoms with E-state index in [0.29, 0.717) is 30.9 Å². The fraction of sp³-hybridized carbons (Fsp3) is 0.357. The van der Waals surface area contributed by atoms with E-state index in [1.807, 2.05) is 13.8 Å². The fourth-order valence-electron chi connectivity index (χ4n) is 2.24. The summed E-state index contributed by atoms with van der Waals surface area (Å²) in [4.78, 5) is 0. The number of aryl methyl sites for hydroxylation is 1. The van der Waals surface area contributed by atoms with Crippen LogP contribution in [0.4, 0.5) is 13.2 Å². The van der Waals surface area contributed by atoms with Gasteiger partial charge in [-0.2, -0.15) is 5.10 Å². The van der Waals surface area contributed by atoms with Crippen molar-refractivity contribution in [2.75, 3.05) is 6.54 Å². The minimum atomic E-state index is -0.928. The van der Waals surface area contributed by atoms with Gasteiger partial charge in [0.25, 0.3) is 0 Å². The highest BCUT2D eigenvalue weighted by atomic mass is 19.1. The van der Waals surface area contributed by atoms with Crippen LogP contribution in [0.2, 0.25) is 0 Å². The third-order valence-electron chi connectivity index (χ3n) is 3.09. The molecule has 1 aromatic heterocycles. The standard InChI is InChI=1S/C14H16F3N3/c1-3-18-14(12-5-6-19-20(12)4-2)13-10(16)7-9(15)8-11(13)17/h5-8,14,18H,3-4H2,1-2H3. The minimum absolute atomic E-state index is 0.191. The molecular weight excluding hydrogens is 267 g/mol. The molecule has 1 heterocycles. The van der Waals surface area contributed by atoms with Gasteiger partial charge in [-0.25, -0.2) is 13.2 Å². The van der Waals surface area contributed by atoms with Crippen molar-refractivity contribution in [2.24, 2.45) is 0 Å². The van der Waals surface area contributed by atoms with Crippen LogP contribution >= 0.6 is 0 Å². The molecule has 0 spiro atoms. The number of benzene rings is 1. The minimum Gasteiger partial charge on any atom is -0.305 e. The molecule has 0 amide bonds. The van der Waals surface area contributed by atoms with Gasteiger partial charge in [0.15, 0.2) is 0 Å². The summed E-state index contributed by atoms with van der Waals surface area (Å²) < 4.78 is 42.6. The van der Waals surface area contributed by atoms with Crippen molar-refractivity contribution < 1.29 is 13.2 Å². The Morgan fingerprint density at radius 3 is 2.40 bits per heavy atom. The van der Waals surface area contributed by atoms with Gasteiger partial charge in [0.2, 0.25) is 0 Å². The third kappa shape index (κ3) is 2.70. The normalized spacial score (nSPS) is 12.7. The topological polar surface area (TPSA) is 29.9 Å². The molecule has 1 aromatic carbocycles. The van der Waals surface area contributed by atoms with Crippen LogP contribution in [0.5, 0.6) is 0 Å². The maximum atomic E-state index is 14.0. The van der Waals surface area contributed by atoms with Crippen LogP contribution in [-0.4, -0.2) is 16.3 Å². The molecule has 1 unspecified atom stereocenters. The Labute approximate surface area is 115 Å². The summed E-state index contributed by atoms with van der Waals surface area (Å²) in [5.74, 6) is -2.74. The predicted octanol–water partition coefficient (Wildman–Crippen LogP) is 3.02. The van der Waals surface area contributed by atoms with E-state index in [1.54, 1.807) is 16.9 Å². The molecular formula is C14H16F3N3. The number of hydrogen-bond acceptors (Lipinski definition) is 2. The lowest BCUT2D eigenvalue weighted by molar-refractivity contribution is 0.472. The Bertz CT molecular complexity index is 572. The lowest BCUT2D eigenvalue weighted by atomic mass is 10.0. The Morgan fingerprint density at radius 2 is 1.85 bits per heavy atom. The van der Waals surface area contributed by atoms with E-state index in [9.17, 15) is 13.2 Å². The molecule has 0 aliphatic rings. The van der Waals surface area contributed by atoms with Crippen LogP contribution in [0, 0.1) is 17.5 Å². The van der Waals surface area contributed by atoms with Crippen molar-refractivity contribution in [1.82, 2.24) is 15.1 Å². The van der Waals surface area contributed by atoms with Gasteiger partial charge in [0.1, 0.15) is 17.5 Å². The van der Waals surface area contributed by atoms with Crippen molar-refractivity contribution in [3.05, 3.63) is 53.1 Å². The SMILES string of the molecule is CCNC(c1c(F)cc(F)cc1F)c1ccnn1CC. The summed E-state index contributed by atoms with van der Waals surface area (Å²) in [6.07, 6.45) is 1.57. The molecule has 0 radical (unpaired) electrons. The van der Waals surface area contributed by atoms with E-state index in [0.717, 1.165) is 0 Å². The molecule has 3 nitrogen and oxygen atoms in total.